The van der Waals surface area contributed by atoms with E-state index >= 15 is 0 Å². The Morgan fingerprint density at radius 1 is 1.07 bits per heavy atom. The van der Waals surface area contributed by atoms with Crippen LogP contribution in [0.15, 0.2) is 48.7 Å². The summed E-state index contributed by atoms with van der Waals surface area (Å²) in [7, 11) is 0. The molecule has 0 atom stereocenters. The third kappa shape index (κ3) is 4.33. The summed E-state index contributed by atoms with van der Waals surface area (Å²) in [6.45, 7) is 9.06. The van der Waals surface area contributed by atoms with E-state index in [0.29, 0.717) is 5.56 Å². The fraction of sp³-hybridized carbons (Fsp3) is 0.333. The summed E-state index contributed by atoms with van der Waals surface area (Å²) in [4.78, 5) is 16.6. The maximum Gasteiger partial charge on any atom is 0.133 e. The quantitative estimate of drug-likeness (QED) is 0.676. The van der Waals surface area contributed by atoms with Crippen molar-refractivity contribution in [1.82, 2.24) is 19.9 Å². The van der Waals surface area contributed by atoms with E-state index in [1.54, 1.807) is 0 Å². The van der Waals surface area contributed by atoms with E-state index < -0.39 is 0 Å². The Bertz CT molecular complexity index is 1060. The first kappa shape index (κ1) is 19.2. The second kappa shape index (κ2) is 7.73. The SMILES string of the molecule is CC(C)(C)c1ncc2c(n1)CCN(Cc1cccc(-c3ccc(C#N)cc3)n1)C2. The van der Waals surface area contributed by atoms with Crippen molar-refractivity contribution in [2.45, 2.75) is 45.7 Å². The third-order valence-corrected chi connectivity index (χ3v) is 5.19. The fourth-order valence-corrected chi connectivity index (χ4v) is 3.54. The van der Waals surface area contributed by atoms with E-state index in [1.165, 1.54) is 11.3 Å². The summed E-state index contributed by atoms with van der Waals surface area (Å²) in [6.07, 6.45) is 2.94. The molecule has 0 N–H and O–H groups in total. The van der Waals surface area contributed by atoms with Crippen LogP contribution in [0.5, 0.6) is 0 Å². The van der Waals surface area contributed by atoms with Crippen molar-refractivity contribution in [3.8, 4) is 17.3 Å². The van der Waals surface area contributed by atoms with Crippen molar-refractivity contribution in [3.63, 3.8) is 0 Å². The number of hydrogen-bond acceptors (Lipinski definition) is 5. The van der Waals surface area contributed by atoms with Gasteiger partial charge in [0, 0.05) is 54.5 Å². The van der Waals surface area contributed by atoms with Gasteiger partial charge in [0.05, 0.1) is 23.0 Å². The van der Waals surface area contributed by atoms with Crippen LogP contribution in [0.2, 0.25) is 0 Å². The van der Waals surface area contributed by atoms with Crippen molar-refractivity contribution in [1.29, 1.82) is 5.26 Å². The second-order valence-corrected chi connectivity index (χ2v) is 8.58. The van der Waals surface area contributed by atoms with Crippen LogP contribution in [0.4, 0.5) is 0 Å². The molecule has 2 aromatic heterocycles. The number of nitrogens with zero attached hydrogens (tertiary/aromatic N) is 5. The number of aromatic nitrogens is 3. The van der Waals surface area contributed by atoms with Gasteiger partial charge in [-0.05, 0) is 24.3 Å². The number of fused-ring (bicyclic) bond motifs is 1. The molecule has 0 radical (unpaired) electrons. The first-order valence-corrected chi connectivity index (χ1v) is 9.96. The Labute approximate surface area is 172 Å². The van der Waals surface area contributed by atoms with E-state index in [2.05, 4.69) is 42.8 Å². The summed E-state index contributed by atoms with van der Waals surface area (Å²) in [5.41, 5.74) is 6.03. The van der Waals surface area contributed by atoms with Gasteiger partial charge in [-0.15, -0.1) is 0 Å². The predicted octanol–water partition coefficient (Wildman–Crippen LogP) is 4.27. The molecule has 0 bridgehead atoms. The molecule has 0 saturated carbocycles. The molecule has 0 aliphatic carbocycles. The van der Waals surface area contributed by atoms with Gasteiger partial charge in [0.1, 0.15) is 5.82 Å². The Kier molecular flexibility index (Phi) is 5.12. The molecule has 1 aliphatic heterocycles. The van der Waals surface area contributed by atoms with Crippen molar-refractivity contribution in [2.75, 3.05) is 6.54 Å². The van der Waals surface area contributed by atoms with Crippen LogP contribution in [0, 0.1) is 11.3 Å². The molecule has 146 valence electrons. The first-order chi connectivity index (χ1) is 13.9. The van der Waals surface area contributed by atoms with Crippen LogP contribution < -0.4 is 0 Å². The maximum absolute atomic E-state index is 8.97. The average molecular weight is 383 g/mol. The zero-order chi connectivity index (χ0) is 20.4. The highest BCUT2D eigenvalue weighted by Crippen LogP contribution is 2.24. The van der Waals surface area contributed by atoms with E-state index in [-0.39, 0.29) is 5.41 Å². The summed E-state index contributed by atoms with van der Waals surface area (Å²) in [6, 6.07) is 15.8. The maximum atomic E-state index is 8.97. The van der Waals surface area contributed by atoms with Gasteiger partial charge >= 0.3 is 0 Å². The summed E-state index contributed by atoms with van der Waals surface area (Å²) in [5, 5.41) is 8.97. The highest BCUT2D eigenvalue weighted by molar-refractivity contribution is 5.60. The van der Waals surface area contributed by atoms with Gasteiger partial charge in [-0.2, -0.15) is 5.26 Å². The van der Waals surface area contributed by atoms with Crippen LogP contribution in [0.1, 0.15) is 49.1 Å². The van der Waals surface area contributed by atoms with E-state index in [1.807, 2.05) is 42.6 Å². The Balaban J connectivity index is 1.48. The predicted molar refractivity (Wildman–Crippen MR) is 113 cm³/mol. The molecule has 3 aromatic rings. The van der Waals surface area contributed by atoms with Gasteiger partial charge in [-0.25, -0.2) is 9.97 Å². The minimum atomic E-state index is -0.0258. The zero-order valence-corrected chi connectivity index (χ0v) is 17.2. The number of nitriles is 1. The lowest BCUT2D eigenvalue weighted by molar-refractivity contribution is 0.239. The molecule has 1 aromatic carbocycles. The number of benzene rings is 1. The standard InChI is InChI=1S/C24H25N5/c1-24(2,3)23-26-14-19-15-29(12-11-22(19)28-23)16-20-5-4-6-21(27-20)18-9-7-17(13-25)8-10-18/h4-10,14H,11-12,15-16H2,1-3H3. The number of pyridine rings is 1. The Morgan fingerprint density at radius 2 is 1.86 bits per heavy atom. The normalized spacial score (nSPS) is 14.3. The van der Waals surface area contributed by atoms with Crippen LogP contribution in [0.3, 0.4) is 0 Å². The largest absolute Gasteiger partial charge is 0.293 e. The van der Waals surface area contributed by atoms with Gasteiger partial charge in [0.2, 0.25) is 0 Å². The molecule has 0 unspecified atom stereocenters. The van der Waals surface area contributed by atoms with Crippen molar-refractivity contribution in [2.24, 2.45) is 0 Å². The second-order valence-electron chi connectivity index (χ2n) is 8.58. The molecule has 5 nitrogen and oxygen atoms in total. The molecule has 0 spiro atoms. The van der Waals surface area contributed by atoms with Crippen LogP contribution in [-0.2, 0) is 24.9 Å². The monoisotopic (exact) mass is 383 g/mol. The smallest absolute Gasteiger partial charge is 0.133 e. The highest BCUT2D eigenvalue weighted by atomic mass is 15.1. The van der Waals surface area contributed by atoms with Gasteiger partial charge in [0.25, 0.3) is 0 Å². The van der Waals surface area contributed by atoms with Gasteiger partial charge in [-0.1, -0.05) is 39.0 Å². The van der Waals surface area contributed by atoms with Gasteiger partial charge in [-0.3, -0.25) is 9.88 Å². The van der Waals surface area contributed by atoms with E-state index in [4.69, 9.17) is 15.2 Å². The number of rotatable bonds is 3. The highest BCUT2D eigenvalue weighted by Gasteiger charge is 2.23. The molecule has 4 rings (SSSR count). The molecule has 1 aliphatic rings. The molecule has 29 heavy (non-hydrogen) atoms. The molecule has 0 saturated heterocycles. The lowest BCUT2D eigenvalue weighted by Gasteiger charge is -2.29. The first-order valence-electron chi connectivity index (χ1n) is 9.96. The van der Waals surface area contributed by atoms with Gasteiger partial charge < -0.3 is 0 Å². The third-order valence-electron chi connectivity index (χ3n) is 5.19. The zero-order valence-electron chi connectivity index (χ0n) is 17.2. The number of hydrogen-bond donors (Lipinski definition) is 0. The molecule has 0 amide bonds. The molecular formula is C24H25N5. The van der Waals surface area contributed by atoms with Gasteiger partial charge in [0.15, 0.2) is 0 Å². The van der Waals surface area contributed by atoms with E-state index in [0.717, 1.165) is 48.8 Å². The molecule has 5 heteroatoms. The van der Waals surface area contributed by atoms with Crippen LogP contribution in [0.25, 0.3) is 11.3 Å². The lowest BCUT2D eigenvalue weighted by atomic mass is 9.95. The minimum absolute atomic E-state index is 0.0258. The van der Waals surface area contributed by atoms with Crippen molar-refractivity contribution in [3.05, 3.63) is 77.0 Å². The average Bonchev–Trinajstić information content (AvgIpc) is 2.73. The summed E-state index contributed by atoms with van der Waals surface area (Å²) in [5.74, 6) is 0.918. The topological polar surface area (TPSA) is 65.7 Å². The Hall–Kier alpha value is -3.10. The van der Waals surface area contributed by atoms with Crippen LogP contribution >= 0.6 is 0 Å². The minimum Gasteiger partial charge on any atom is -0.293 e. The van der Waals surface area contributed by atoms with E-state index in [9.17, 15) is 0 Å². The Morgan fingerprint density at radius 3 is 2.59 bits per heavy atom. The summed E-state index contributed by atoms with van der Waals surface area (Å²) >= 11 is 0. The molecular weight excluding hydrogens is 358 g/mol. The molecule has 0 fully saturated rings. The van der Waals surface area contributed by atoms with Crippen molar-refractivity contribution < 1.29 is 0 Å². The fourth-order valence-electron chi connectivity index (χ4n) is 3.54. The van der Waals surface area contributed by atoms with Crippen molar-refractivity contribution >= 4 is 0 Å². The summed E-state index contributed by atoms with van der Waals surface area (Å²) < 4.78 is 0. The molecule has 3 heterocycles. The van der Waals surface area contributed by atoms with Crippen LogP contribution in [-0.4, -0.2) is 26.4 Å². The lowest BCUT2D eigenvalue weighted by Crippen LogP contribution is -2.32.